The Bertz CT molecular complexity index is 593. The average molecular weight is 622 g/mol. The van der Waals surface area contributed by atoms with Crippen LogP contribution < -0.4 is 5.32 Å². The van der Waals surface area contributed by atoms with Gasteiger partial charge in [0.25, 0.3) is 0 Å². The molecule has 0 fully saturated rings. The van der Waals surface area contributed by atoms with E-state index in [0.717, 1.165) is 25.7 Å². The zero-order valence-corrected chi connectivity index (χ0v) is 29.9. The summed E-state index contributed by atoms with van der Waals surface area (Å²) in [5.74, 6) is -0.0350. The highest BCUT2D eigenvalue weighted by molar-refractivity contribution is 5.76. The molecule has 0 saturated heterocycles. The van der Waals surface area contributed by atoms with Gasteiger partial charge in [0.2, 0.25) is 5.91 Å². The van der Waals surface area contributed by atoms with Gasteiger partial charge >= 0.3 is 0 Å². The monoisotopic (exact) mass is 622 g/mol. The molecule has 0 rings (SSSR count). The molecule has 3 N–H and O–H groups in total. The molecule has 0 aromatic carbocycles. The van der Waals surface area contributed by atoms with Crippen molar-refractivity contribution in [2.75, 3.05) is 6.61 Å². The molecule has 0 radical (unpaired) electrons. The molecule has 2 unspecified atom stereocenters. The third kappa shape index (κ3) is 32.5. The largest absolute Gasteiger partial charge is 0.394 e. The van der Waals surface area contributed by atoms with Crippen molar-refractivity contribution in [2.45, 2.75) is 231 Å². The number of carbonyl (C=O) groups excluding carboxylic acids is 1. The summed E-state index contributed by atoms with van der Waals surface area (Å²) in [6.45, 7) is 4.36. The van der Waals surface area contributed by atoms with Crippen molar-refractivity contribution in [3.8, 4) is 0 Å². The molecule has 0 heterocycles. The molecule has 0 aliphatic heterocycles. The highest BCUT2D eigenvalue weighted by Gasteiger charge is 2.19. The van der Waals surface area contributed by atoms with E-state index in [1.165, 1.54) is 167 Å². The number of nitrogens with one attached hydrogen (secondary N) is 1. The molecule has 0 aromatic heterocycles. The summed E-state index contributed by atoms with van der Waals surface area (Å²) in [5.41, 5.74) is 0. The Kier molecular flexibility index (Phi) is 35.9. The predicted molar refractivity (Wildman–Crippen MR) is 193 cm³/mol. The number of carbonyl (C=O) groups is 1. The predicted octanol–water partition coefficient (Wildman–Crippen LogP) is 11.9. The fraction of sp³-hybridized carbons (Fsp3) is 0.925. The number of allylic oxidation sites excluding steroid dienone is 2. The zero-order valence-electron chi connectivity index (χ0n) is 29.9. The smallest absolute Gasteiger partial charge is 0.220 e. The average Bonchev–Trinajstić information content (AvgIpc) is 3.03. The molecule has 0 saturated carbocycles. The van der Waals surface area contributed by atoms with Gasteiger partial charge in [-0.05, 0) is 38.5 Å². The van der Waals surface area contributed by atoms with Gasteiger partial charge in [0.15, 0.2) is 0 Å². The standard InChI is InChI=1S/C40H79NO3/c1-3-5-7-9-11-13-15-17-18-19-20-21-22-24-26-28-30-32-34-36-40(44)41-38(37-42)39(43)35-33-31-29-27-25-23-16-14-12-10-8-6-4-2/h19-20,38-39,42-43H,3-18,21-37H2,1-2H3,(H,41,44)/b20-19-. The number of aliphatic hydroxyl groups excluding tert-OH is 2. The number of amides is 1. The Morgan fingerprint density at radius 3 is 1.25 bits per heavy atom. The third-order valence-electron chi connectivity index (χ3n) is 9.28. The molecule has 0 spiro atoms. The van der Waals surface area contributed by atoms with Gasteiger partial charge in [0.1, 0.15) is 0 Å². The minimum Gasteiger partial charge on any atom is -0.394 e. The van der Waals surface area contributed by atoms with Crippen LogP contribution in [0.2, 0.25) is 0 Å². The molecule has 0 aliphatic rings. The van der Waals surface area contributed by atoms with Gasteiger partial charge < -0.3 is 15.5 Å². The summed E-state index contributed by atoms with van der Waals surface area (Å²) in [4.78, 5) is 12.3. The first-order valence-electron chi connectivity index (χ1n) is 19.9. The van der Waals surface area contributed by atoms with Crippen LogP contribution in [0.5, 0.6) is 0 Å². The van der Waals surface area contributed by atoms with Gasteiger partial charge in [-0.2, -0.15) is 0 Å². The van der Waals surface area contributed by atoms with E-state index in [1.807, 2.05) is 0 Å². The second-order valence-electron chi connectivity index (χ2n) is 13.7. The number of aliphatic hydroxyl groups is 2. The second-order valence-corrected chi connectivity index (χ2v) is 13.7. The SMILES string of the molecule is CCCCCCCCCC/C=C\CCCCCCCCCC(=O)NC(CO)C(O)CCCCCCCCCCCCCCC. The van der Waals surface area contributed by atoms with Crippen molar-refractivity contribution in [1.29, 1.82) is 0 Å². The van der Waals surface area contributed by atoms with Crippen LogP contribution in [0, 0.1) is 0 Å². The summed E-state index contributed by atoms with van der Waals surface area (Å²) in [5, 5.41) is 23.1. The van der Waals surface area contributed by atoms with Crippen molar-refractivity contribution in [1.82, 2.24) is 5.32 Å². The fourth-order valence-electron chi connectivity index (χ4n) is 6.18. The Labute approximate surface area is 276 Å². The maximum atomic E-state index is 12.3. The third-order valence-corrected chi connectivity index (χ3v) is 9.28. The highest BCUT2D eigenvalue weighted by Crippen LogP contribution is 2.15. The number of rotatable bonds is 36. The molecule has 4 nitrogen and oxygen atoms in total. The maximum absolute atomic E-state index is 12.3. The number of hydrogen-bond acceptors (Lipinski definition) is 3. The summed E-state index contributed by atoms with van der Waals surface area (Å²) in [7, 11) is 0. The summed E-state index contributed by atoms with van der Waals surface area (Å²) >= 11 is 0. The van der Waals surface area contributed by atoms with Crippen molar-refractivity contribution in [2.24, 2.45) is 0 Å². The van der Waals surface area contributed by atoms with E-state index in [4.69, 9.17) is 0 Å². The van der Waals surface area contributed by atoms with Crippen LogP contribution in [0.15, 0.2) is 12.2 Å². The molecule has 0 aromatic rings. The molecule has 4 heteroatoms. The van der Waals surface area contributed by atoms with Gasteiger partial charge in [0.05, 0.1) is 18.8 Å². The quantitative estimate of drug-likeness (QED) is 0.0481. The zero-order chi connectivity index (χ0) is 32.2. The van der Waals surface area contributed by atoms with Crippen molar-refractivity contribution in [3.05, 3.63) is 12.2 Å². The Hall–Kier alpha value is -0.870. The first-order chi connectivity index (χ1) is 21.7. The molecule has 1 amide bonds. The first kappa shape index (κ1) is 43.1. The van der Waals surface area contributed by atoms with Crippen LogP contribution in [0.4, 0.5) is 0 Å². The van der Waals surface area contributed by atoms with Gasteiger partial charge in [-0.3, -0.25) is 4.79 Å². The van der Waals surface area contributed by atoms with Crippen molar-refractivity contribution < 1.29 is 15.0 Å². The minimum absolute atomic E-state index is 0.0350. The van der Waals surface area contributed by atoms with Gasteiger partial charge in [-0.15, -0.1) is 0 Å². The van der Waals surface area contributed by atoms with E-state index >= 15 is 0 Å². The Balaban J connectivity index is 3.53. The number of unbranched alkanes of at least 4 members (excludes halogenated alkanes) is 27. The lowest BCUT2D eigenvalue weighted by Gasteiger charge is -2.22. The Morgan fingerprint density at radius 1 is 0.523 bits per heavy atom. The topological polar surface area (TPSA) is 69.6 Å². The lowest BCUT2D eigenvalue weighted by atomic mass is 10.0. The highest BCUT2D eigenvalue weighted by atomic mass is 16.3. The van der Waals surface area contributed by atoms with Crippen molar-refractivity contribution in [3.63, 3.8) is 0 Å². The summed E-state index contributed by atoms with van der Waals surface area (Å²) in [6.07, 6.45) is 44.1. The lowest BCUT2D eigenvalue weighted by Crippen LogP contribution is -2.45. The van der Waals surface area contributed by atoms with Crippen LogP contribution in [0.3, 0.4) is 0 Å². The Morgan fingerprint density at radius 2 is 0.864 bits per heavy atom. The van der Waals surface area contributed by atoms with Crippen LogP contribution >= 0.6 is 0 Å². The molecule has 0 aliphatic carbocycles. The van der Waals surface area contributed by atoms with Crippen LogP contribution in [0.1, 0.15) is 219 Å². The molecule has 2 atom stereocenters. The van der Waals surface area contributed by atoms with E-state index in [9.17, 15) is 15.0 Å². The van der Waals surface area contributed by atoms with Crippen LogP contribution in [-0.2, 0) is 4.79 Å². The van der Waals surface area contributed by atoms with Crippen LogP contribution in [0.25, 0.3) is 0 Å². The molecule has 44 heavy (non-hydrogen) atoms. The summed E-state index contributed by atoms with van der Waals surface area (Å²) < 4.78 is 0. The normalized spacial score (nSPS) is 13.1. The minimum atomic E-state index is -0.656. The van der Waals surface area contributed by atoms with Gasteiger partial charge in [-0.1, -0.05) is 187 Å². The van der Waals surface area contributed by atoms with Crippen LogP contribution in [-0.4, -0.2) is 34.9 Å². The fourth-order valence-corrected chi connectivity index (χ4v) is 6.18. The van der Waals surface area contributed by atoms with Gasteiger partial charge in [-0.25, -0.2) is 0 Å². The van der Waals surface area contributed by atoms with Crippen molar-refractivity contribution >= 4 is 5.91 Å². The second kappa shape index (κ2) is 36.6. The van der Waals surface area contributed by atoms with E-state index < -0.39 is 12.1 Å². The van der Waals surface area contributed by atoms with E-state index in [-0.39, 0.29) is 12.5 Å². The first-order valence-corrected chi connectivity index (χ1v) is 19.9. The van der Waals surface area contributed by atoms with Gasteiger partial charge in [0, 0.05) is 6.42 Å². The maximum Gasteiger partial charge on any atom is 0.220 e. The molecule has 0 bridgehead atoms. The van der Waals surface area contributed by atoms with E-state index in [0.29, 0.717) is 12.8 Å². The van der Waals surface area contributed by atoms with E-state index in [1.54, 1.807) is 0 Å². The molecular weight excluding hydrogens is 542 g/mol. The molecular formula is C40H79NO3. The van der Waals surface area contributed by atoms with E-state index in [2.05, 4.69) is 31.3 Å². The molecule has 262 valence electrons. The number of hydrogen-bond donors (Lipinski definition) is 3. The summed E-state index contributed by atoms with van der Waals surface area (Å²) in [6, 6.07) is -0.533. The lowest BCUT2D eigenvalue weighted by molar-refractivity contribution is -0.123.